The highest BCUT2D eigenvalue weighted by molar-refractivity contribution is 5.71. The SMILES string of the molecule is CCOC(=O)N1C[C@H](OC(C)=O)[C@H](OC(C)=O)[C@H]1c1ccc(OC)cc1. The van der Waals surface area contributed by atoms with Crippen LogP contribution in [0.5, 0.6) is 5.75 Å². The summed E-state index contributed by atoms with van der Waals surface area (Å²) < 4.78 is 21.0. The van der Waals surface area contributed by atoms with Gasteiger partial charge in [0.25, 0.3) is 0 Å². The normalized spacial score (nSPS) is 21.8. The van der Waals surface area contributed by atoms with E-state index >= 15 is 0 Å². The zero-order valence-corrected chi connectivity index (χ0v) is 15.3. The number of benzene rings is 1. The molecule has 0 aromatic heterocycles. The molecule has 1 heterocycles. The Bertz CT molecular complexity index is 658. The van der Waals surface area contributed by atoms with Gasteiger partial charge in [-0.3, -0.25) is 14.5 Å². The number of nitrogens with zero attached hydrogens (tertiary/aromatic N) is 1. The van der Waals surface area contributed by atoms with Gasteiger partial charge in [0.2, 0.25) is 0 Å². The zero-order chi connectivity index (χ0) is 19.3. The van der Waals surface area contributed by atoms with Crippen LogP contribution in [-0.4, -0.2) is 55.4 Å². The van der Waals surface area contributed by atoms with Crippen molar-refractivity contribution in [3.63, 3.8) is 0 Å². The Morgan fingerprint density at radius 3 is 2.19 bits per heavy atom. The van der Waals surface area contributed by atoms with E-state index < -0.39 is 36.3 Å². The van der Waals surface area contributed by atoms with Crippen molar-refractivity contribution in [1.29, 1.82) is 0 Å². The van der Waals surface area contributed by atoms with Crippen molar-refractivity contribution in [2.24, 2.45) is 0 Å². The van der Waals surface area contributed by atoms with Gasteiger partial charge in [-0.05, 0) is 24.6 Å². The van der Waals surface area contributed by atoms with Crippen molar-refractivity contribution in [1.82, 2.24) is 4.90 Å². The van der Waals surface area contributed by atoms with Gasteiger partial charge in [0.05, 0.1) is 20.3 Å². The predicted molar refractivity (Wildman–Crippen MR) is 90.6 cm³/mol. The number of amides is 1. The van der Waals surface area contributed by atoms with E-state index in [0.29, 0.717) is 11.3 Å². The van der Waals surface area contributed by atoms with E-state index in [2.05, 4.69) is 0 Å². The number of hydrogen-bond acceptors (Lipinski definition) is 7. The molecule has 1 aromatic rings. The second-order valence-electron chi connectivity index (χ2n) is 5.79. The molecule has 1 fully saturated rings. The summed E-state index contributed by atoms with van der Waals surface area (Å²) in [6.45, 7) is 4.49. The van der Waals surface area contributed by atoms with Gasteiger partial charge in [0, 0.05) is 13.8 Å². The molecule has 0 aliphatic carbocycles. The molecular weight excluding hydrogens is 342 g/mol. The number of likely N-dealkylation sites (tertiary alicyclic amines) is 1. The number of ether oxygens (including phenoxy) is 4. The summed E-state index contributed by atoms with van der Waals surface area (Å²) in [7, 11) is 1.55. The van der Waals surface area contributed by atoms with Crippen LogP contribution >= 0.6 is 0 Å². The molecule has 142 valence electrons. The van der Waals surface area contributed by atoms with Crippen LogP contribution in [0.2, 0.25) is 0 Å². The number of carbonyl (C=O) groups is 3. The van der Waals surface area contributed by atoms with E-state index in [9.17, 15) is 14.4 Å². The highest BCUT2D eigenvalue weighted by atomic mass is 16.6. The minimum Gasteiger partial charge on any atom is -0.497 e. The molecule has 2 rings (SSSR count). The summed E-state index contributed by atoms with van der Waals surface area (Å²) in [5.74, 6) is -0.405. The zero-order valence-electron chi connectivity index (χ0n) is 15.3. The molecule has 26 heavy (non-hydrogen) atoms. The van der Waals surface area contributed by atoms with E-state index in [1.165, 1.54) is 18.7 Å². The third kappa shape index (κ3) is 4.44. The Morgan fingerprint density at radius 1 is 1.08 bits per heavy atom. The first kappa shape index (κ1) is 19.6. The molecule has 1 amide bonds. The molecule has 0 bridgehead atoms. The van der Waals surface area contributed by atoms with Gasteiger partial charge in [-0.15, -0.1) is 0 Å². The maximum Gasteiger partial charge on any atom is 0.410 e. The Hall–Kier alpha value is -2.77. The smallest absolute Gasteiger partial charge is 0.410 e. The van der Waals surface area contributed by atoms with Crippen molar-refractivity contribution in [2.45, 2.75) is 39.0 Å². The first-order chi connectivity index (χ1) is 12.4. The number of rotatable bonds is 5. The number of hydrogen-bond donors (Lipinski definition) is 0. The minimum atomic E-state index is -0.839. The van der Waals surface area contributed by atoms with Gasteiger partial charge in [-0.25, -0.2) is 4.79 Å². The average molecular weight is 365 g/mol. The summed E-state index contributed by atoms with van der Waals surface area (Å²) in [4.78, 5) is 36.9. The first-order valence-electron chi connectivity index (χ1n) is 8.29. The molecule has 8 heteroatoms. The molecule has 1 saturated heterocycles. The number of methoxy groups -OCH3 is 1. The van der Waals surface area contributed by atoms with Crippen LogP contribution in [0.3, 0.4) is 0 Å². The van der Waals surface area contributed by atoms with Crippen molar-refractivity contribution in [2.75, 3.05) is 20.3 Å². The maximum atomic E-state index is 12.4. The maximum absolute atomic E-state index is 12.4. The summed E-state index contributed by atoms with van der Waals surface area (Å²) in [6.07, 6.45) is -2.19. The lowest BCUT2D eigenvalue weighted by atomic mass is 10.0. The monoisotopic (exact) mass is 365 g/mol. The molecule has 8 nitrogen and oxygen atoms in total. The van der Waals surface area contributed by atoms with Crippen LogP contribution in [0.15, 0.2) is 24.3 Å². The van der Waals surface area contributed by atoms with Crippen molar-refractivity contribution in [3.05, 3.63) is 29.8 Å². The van der Waals surface area contributed by atoms with Gasteiger partial charge in [-0.1, -0.05) is 12.1 Å². The van der Waals surface area contributed by atoms with Crippen LogP contribution in [-0.2, 0) is 23.8 Å². The van der Waals surface area contributed by atoms with Crippen LogP contribution in [0.25, 0.3) is 0 Å². The third-order valence-electron chi connectivity index (χ3n) is 3.97. The van der Waals surface area contributed by atoms with E-state index in [0.717, 1.165) is 0 Å². The van der Waals surface area contributed by atoms with Gasteiger partial charge in [0.15, 0.2) is 12.2 Å². The number of esters is 2. The fourth-order valence-corrected chi connectivity index (χ4v) is 3.01. The lowest BCUT2D eigenvalue weighted by Gasteiger charge is -2.27. The Kier molecular flexibility index (Phi) is 6.43. The molecule has 3 atom stereocenters. The fraction of sp³-hybridized carbons (Fsp3) is 0.500. The molecule has 1 aromatic carbocycles. The summed E-state index contributed by atoms with van der Waals surface area (Å²) in [6, 6.07) is 6.36. The summed E-state index contributed by atoms with van der Waals surface area (Å²) in [5, 5.41) is 0. The van der Waals surface area contributed by atoms with E-state index in [1.54, 1.807) is 38.3 Å². The fourth-order valence-electron chi connectivity index (χ4n) is 3.01. The molecule has 0 spiro atoms. The lowest BCUT2D eigenvalue weighted by Crippen LogP contribution is -2.35. The second-order valence-corrected chi connectivity index (χ2v) is 5.79. The topological polar surface area (TPSA) is 91.4 Å². The molecule has 1 aliphatic rings. The Labute approximate surface area is 152 Å². The van der Waals surface area contributed by atoms with Gasteiger partial charge in [-0.2, -0.15) is 0 Å². The summed E-state index contributed by atoms with van der Waals surface area (Å²) in [5.41, 5.74) is 0.708. The average Bonchev–Trinajstić information content (AvgIpc) is 2.92. The first-order valence-corrected chi connectivity index (χ1v) is 8.29. The standard InChI is InChI=1S/C18H23NO7/c1-5-24-18(22)19-10-15(25-11(2)20)17(26-12(3)21)16(19)13-6-8-14(23-4)9-7-13/h6-9,15-17H,5,10H2,1-4H3/t15-,16+,17-/m0/s1. The largest absolute Gasteiger partial charge is 0.497 e. The summed E-state index contributed by atoms with van der Waals surface area (Å²) >= 11 is 0. The lowest BCUT2D eigenvalue weighted by molar-refractivity contribution is -0.162. The van der Waals surface area contributed by atoms with Gasteiger partial charge >= 0.3 is 18.0 Å². The molecule has 0 N–H and O–H groups in total. The van der Waals surface area contributed by atoms with Gasteiger partial charge < -0.3 is 18.9 Å². The molecule has 0 unspecified atom stereocenters. The highest BCUT2D eigenvalue weighted by Gasteiger charge is 2.49. The molecule has 1 aliphatic heterocycles. The molecule has 0 saturated carbocycles. The highest BCUT2D eigenvalue weighted by Crippen LogP contribution is 2.37. The molecular formula is C18H23NO7. The van der Waals surface area contributed by atoms with Crippen LogP contribution < -0.4 is 4.74 Å². The van der Waals surface area contributed by atoms with Crippen LogP contribution in [0, 0.1) is 0 Å². The van der Waals surface area contributed by atoms with Crippen molar-refractivity contribution < 1.29 is 33.3 Å². The van der Waals surface area contributed by atoms with Crippen molar-refractivity contribution in [3.8, 4) is 5.75 Å². The minimum absolute atomic E-state index is 0.0626. The number of carbonyl (C=O) groups excluding carboxylic acids is 3. The molecule has 0 radical (unpaired) electrons. The quantitative estimate of drug-likeness (QED) is 0.583. The van der Waals surface area contributed by atoms with Crippen molar-refractivity contribution >= 4 is 18.0 Å². The third-order valence-corrected chi connectivity index (χ3v) is 3.97. The Balaban J connectivity index is 2.42. The predicted octanol–water partition coefficient (Wildman–Crippen LogP) is 2.07. The van der Waals surface area contributed by atoms with E-state index in [4.69, 9.17) is 18.9 Å². The van der Waals surface area contributed by atoms with Gasteiger partial charge in [0.1, 0.15) is 11.8 Å². The van der Waals surface area contributed by atoms with E-state index in [-0.39, 0.29) is 13.2 Å². The van der Waals surface area contributed by atoms with E-state index in [1.807, 2.05) is 0 Å². The second kappa shape index (κ2) is 8.55. The van der Waals surface area contributed by atoms with Crippen LogP contribution in [0.4, 0.5) is 4.79 Å². The Morgan fingerprint density at radius 2 is 1.69 bits per heavy atom. The van der Waals surface area contributed by atoms with Crippen LogP contribution in [0.1, 0.15) is 32.4 Å².